The highest BCUT2D eigenvalue weighted by atomic mass is 19.4. The molecular weight excluding hydrogens is 528 g/mol. The van der Waals surface area contributed by atoms with E-state index in [1.165, 1.54) is 11.8 Å². The standard InChI is InChI=1S/C27H29F6N3O3/c1-4-5-6-7-17(2)25(9-8-24-15-35(25)10-11-36(24)23(38)34-22(24)37)16-39-18(3)19-12-20(26(28,29)30)14-21(13-19)27(31,32)33/h4-7,12-14,18H,2,8-11,15-16H2,1,3H3,(H,34,37,38)/b5-4-,7-6-/t18-,24-,25-/m1/s1. The number of amides is 3. The molecule has 12 heteroatoms. The number of ether oxygens (including phenoxy) is 1. The number of benzene rings is 1. The number of piperazine rings is 1. The number of carbonyl (C=O) groups is 2. The second-order valence-electron chi connectivity index (χ2n) is 10.1. The summed E-state index contributed by atoms with van der Waals surface area (Å²) < 4.78 is 86.4. The summed E-state index contributed by atoms with van der Waals surface area (Å²) in [5.41, 5.74) is -4.42. The molecule has 1 aromatic rings. The van der Waals surface area contributed by atoms with Crippen LogP contribution in [0, 0.1) is 0 Å². The Morgan fingerprint density at radius 3 is 2.31 bits per heavy atom. The predicted molar refractivity (Wildman–Crippen MR) is 130 cm³/mol. The van der Waals surface area contributed by atoms with Gasteiger partial charge in [-0.15, -0.1) is 0 Å². The quantitative estimate of drug-likeness (QED) is 0.268. The second-order valence-corrected chi connectivity index (χ2v) is 10.1. The summed E-state index contributed by atoms with van der Waals surface area (Å²) in [5.74, 6) is -0.390. The molecule has 4 rings (SSSR count). The molecule has 1 unspecified atom stereocenters. The van der Waals surface area contributed by atoms with E-state index in [-0.39, 0.29) is 43.7 Å². The summed E-state index contributed by atoms with van der Waals surface area (Å²) in [6, 6.07) is 0.959. The van der Waals surface area contributed by atoms with E-state index in [2.05, 4.69) is 11.9 Å². The lowest BCUT2D eigenvalue weighted by atomic mass is 9.72. The highest BCUT2D eigenvalue weighted by molar-refractivity contribution is 6.07. The maximum Gasteiger partial charge on any atom is 0.416 e. The van der Waals surface area contributed by atoms with Crippen LogP contribution in [0.15, 0.2) is 54.7 Å². The largest absolute Gasteiger partial charge is 0.416 e. The molecule has 3 heterocycles. The van der Waals surface area contributed by atoms with Crippen molar-refractivity contribution in [3.63, 3.8) is 0 Å². The van der Waals surface area contributed by atoms with Crippen LogP contribution >= 0.6 is 0 Å². The number of halogens is 6. The van der Waals surface area contributed by atoms with Gasteiger partial charge in [-0.05, 0) is 56.0 Å². The normalized spacial score (nSPS) is 28.2. The number of hydrogen-bond acceptors (Lipinski definition) is 4. The van der Waals surface area contributed by atoms with Gasteiger partial charge in [0, 0.05) is 19.6 Å². The third kappa shape index (κ3) is 5.23. The molecule has 4 atom stereocenters. The molecule has 0 radical (unpaired) electrons. The molecule has 0 saturated carbocycles. The number of urea groups is 1. The topological polar surface area (TPSA) is 61.9 Å². The Morgan fingerprint density at radius 2 is 1.72 bits per heavy atom. The van der Waals surface area contributed by atoms with Crippen LogP contribution in [0.4, 0.5) is 31.1 Å². The average Bonchev–Trinajstić information content (AvgIpc) is 3.10. The van der Waals surface area contributed by atoms with Crippen molar-refractivity contribution < 1.29 is 40.7 Å². The van der Waals surface area contributed by atoms with E-state index in [0.717, 1.165) is 0 Å². The van der Waals surface area contributed by atoms with Crippen LogP contribution in [0.2, 0.25) is 0 Å². The summed E-state index contributed by atoms with van der Waals surface area (Å²) in [4.78, 5) is 28.6. The maximum atomic E-state index is 13.4. The molecule has 1 aromatic carbocycles. The third-order valence-electron chi connectivity index (χ3n) is 7.86. The van der Waals surface area contributed by atoms with Gasteiger partial charge in [0.1, 0.15) is 5.54 Å². The SMILES string of the molecule is C=C(/C=C\C=C/C)[C@]1(CO[C@H](C)c2cc(C(F)(F)F)cc(C(F)(F)F)c2)CC[C@]23CN1CCN2C(=O)NC3=O. The fraction of sp³-hybridized carbons (Fsp3) is 0.481. The minimum atomic E-state index is -4.97. The predicted octanol–water partition coefficient (Wildman–Crippen LogP) is 5.63. The number of alkyl halides is 6. The van der Waals surface area contributed by atoms with Crippen molar-refractivity contribution in [2.45, 2.75) is 56.2 Å². The number of imide groups is 1. The summed E-state index contributed by atoms with van der Waals surface area (Å²) >= 11 is 0. The van der Waals surface area contributed by atoms with Gasteiger partial charge in [-0.1, -0.05) is 30.9 Å². The number of hydrogen-bond donors (Lipinski definition) is 1. The Hall–Kier alpha value is -3.12. The summed E-state index contributed by atoms with van der Waals surface area (Å²) in [6.45, 7) is 8.17. The van der Waals surface area contributed by atoms with Crippen molar-refractivity contribution >= 4 is 11.9 Å². The first-order valence-corrected chi connectivity index (χ1v) is 12.4. The number of piperidine rings is 1. The number of nitrogens with zero attached hydrogens (tertiary/aromatic N) is 2. The number of nitrogens with one attached hydrogen (secondary N) is 1. The fourth-order valence-corrected chi connectivity index (χ4v) is 5.58. The molecule has 3 saturated heterocycles. The Morgan fingerprint density at radius 1 is 1.08 bits per heavy atom. The van der Waals surface area contributed by atoms with Crippen molar-refractivity contribution in [1.82, 2.24) is 15.1 Å². The average molecular weight is 558 g/mol. The van der Waals surface area contributed by atoms with Gasteiger partial charge in [-0.2, -0.15) is 26.3 Å². The van der Waals surface area contributed by atoms with E-state index >= 15 is 0 Å². The number of allylic oxidation sites excluding steroid dienone is 3. The molecule has 3 aliphatic rings. The smallest absolute Gasteiger partial charge is 0.372 e. The van der Waals surface area contributed by atoms with E-state index < -0.39 is 46.7 Å². The van der Waals surface area contributed by atoms with Crippen molar-refractivity contribution in [2.75, 3.05) is 26.2 Å². The lowest BCUT2D eigenvalue weighted by Crippen LogP contribution is -2.72. The monoisotopic (exact) mass is 557 g/mol. The molecule has 3 aliphatic heterocycles. The van der Waals surface area contributed by atoms with Crippen LogP contribution in [0.1, 0.15) is 49.5 Å². The zero-order valence-electron chi connectivity index (χ0n) is 21.5. The maximum absolute atomic E-state index is 13.4. The zero-order chi connectivity index (χ0) is 28.8. The Balaban J connectivity index is 1.65. The van der Waals surface area contributed by atoms with Crippen molar-refractivity contribution in [1.29, 1.82) is 0 Å². The summed E-state index contributed by atoms with van der Waals surface area (Å²) in [5, 5.41) is 2.37. The number of fused-ring (bicyclic) bond motifs is 1. The molecule has 2 bridgehead atoms. The lowest BCUT2D eigenvalue weighted by molar-refractivity contribution is -0.144. The van der Waals surface area contributed by atoms with E-state index in [4.69, 9.17) is 4.74 Å². The van der Waals surface area contributed by atoms with E-state index in [9.17, 15) is 35.9 Å². The Kier molecular flexibility index (Phi) is 7.50. The second kappa shape index (κ2) is 10.1. The molecule has 39 heavy (non-hydrogen) atoms. The molecule has 0 aliphatic carbocycles. The molecule has 212 valence electrons. The molecule has 1 N–H and O–H groups in total. The first-order valence-electron chi connectivity index (χ1n) is 12.4. The molecule has 6 nitrogen and oxygen atoms in total. The van der Waals surface area contributed by atoms with Gasteiger partial charge in [0.2, 0.25) is 0 Å². The van der Waals surface area contributed by atoms with Crippen molar-refractivity contribution in [3.8, 4) is 0 Å². The minimum Gasteiger partial charge on any atom is -0.372 e. The Labute approximate surface area is 222 Å². The van der Waals surface area contributed by atoms with Gasteiger partial charge in [0.25, 0.3) is 5.91 Å². The lowest BCUT2D eigenvalue weighted by Gasteiger charge is -2.57. The molecule has 3 amide bonds. The van der Waals surface area contributed by atoms with Crippen LogP contribution in [0.5, 0.6) is 0 Å². The van der Waals surface area contributed by atoms with Gasteiger partial charge in [-0.25, -0.2) is 4.79 Å². The highest BCUT2D eigenvalue weighted by Crippen LogP contribution is 2.46. The van der Waals surface area contributed by atoms with Gasteiger partial charge >= 0.3 is 18.4 Å². The third-order valence-corrected chi connectivity index (χ3v) is 7.86. The van der Waals surface area contributed by atoms with Gasteiger partial charge in [-0.3, -0.25) is 15.0 Å². The molecule has 0 aromatic heterocycles. The van der Waals surface area contributed by atoms with E-state index in [1.54, 1.807) is 18.2 Å². The molecular formula is C27H29F6N3O3. The van der Waals surface area contributed by atoms with Crippen LogP contribution < -0.4 is 5.32 Å². The van der Waals surface area contributed by atoms with E-state index in [1.807, 2.05) is 17.9 Å². The number of rotatable bonds is 7. The Bertz CT molecular complexity index is 1190. The summed E-state index contributed by atoms with van der Waals surface area (Å²) in [6.07, 6.45) is -3.32. The summed E-state index contributed by atoms with van der Waals surface area (Å²) in [7, 11) is 0. The number of carbonyl (C=O) groups excluding carboxylic acids is 2. The van der Waals surface area contributed by atoms with E-state index in [0.29, 0.717) is 30.7 Å². The van der Waals surface area contributed by atoms with Crippen molar-refractivity contribution in [2.24, 2.45) is 0 Å². The van der Waals surface area contributed by atoms with Gasteiger partial charge < -0.3 is 9.64 Å². The highest BCUT2D eigenvalue weighted by Gasteiger charge is 2.62. The fourth-order valence-electron chi connectivity index (χ4n) is 5.58. The first kappa shape index (κ1) is 28.9. The van der Waals surface area contributed by atoms with Crippen LogP contribution in [-0.4, -0.2) is 59.1 Å². The minimum absolute atomic E-state index is 0.0829. The van der Waals surface area contributed by atoms with Crippen LogP contribution in [0.25, 0.3) is 0 Å². The van der Waals surface area contributed by atoms with Crippen LogP contribution in [0.3, 0.4) is 0 Å². The van der Waals surface area contributed by atoms with Crippen LogP contribution in [-0.2, 0) is 21.9 Å². The molecule has 1 spiro atoms. The molecule has 3 fully saturated rings. The zero-order valence-corrected chi connectivity index (χ0v) is 21.5. The van der Waals surface area contributed by atoms with Gasteiger partial charge in [0.05, 0.1) is 29.4 Å². The van der Waals surface area contributed by atoms with Crippen molar-refractivity contribution in [3.05, 3.63) is 71.3 Å². The first-order chi connectivity index (χ1) is 18.1. The van der Waals surface area contributed by atoms with Gasteiger partial charge in [0.15, 0.2) is 0 Å².